The van der Waals surface area contributed by atoms with E-state index < -0.39 is 5.82 Å². The summed E-state index contributed by atoms with van der Waals surface area (Å²) in [7, 11) is 0. The second kappa shape index (κ2) is 6.62. The molecule has 3 N–H and O–H groups in total. The molecule has 0 atom stereocenters. The van der Waals surface area contributed by atoms with Crippen molar-refractivity contribution in [2.24, 2.45) is 4.99 Å². The van der Waals surface area contributed by atoms with Crippen LogP contribution in [0.2, 0.25) is 0 Å². The molecule has 0 amide bonds. The minimum atomic E-state index is -0.455. The predicted octanol–water partition coefficient (Wildman–Crippen LogP) is 2.17. The summed E-state index contributed by atoms with van der Waals surface area (Å²) in [4.78, 5) is 12.2. The third-order valence-electron chi connectivity index (χ3n) is 2.71. The number of nitrogen functional groups attached to an aromatic ring is 1. The number of aromatic nitrogens is 2. The van der Waals surface area contributed by atoms with Gasteiger partial charge in [-0.25, -0.2) is 14.4 Å². The van der Waals surface area contributed by atoms with Crippen LogP contribution in [0.25, 0.3) is 10.9 Å². The number of thioether (sulfide) groups is 1. The molecular formula is C13H15FN4OS. The van der Waals surface area contributed by atoms with Gasteiger partial charge in [0, 0.05) is 5.71 Å². The third kappa shape index (κ3) is 3.23. The molecule has 106 valence electrons. The summed E-state index contributed by atoms with van der Waals surface area (Å²) in [5, 5.41) is 9.54. The van der Waals surface area contributed by atoms with Gasteiger partial charge in [-0.1, -0.05) is 6.07 Å². The predicted molar refractivity (Wildman–Crippen MR) is 81.1 cm³/mol. The molecule has 5 nitrogen and oxygen atoms in total. The number of halogens is 1. The molecule has 1 heterocycles. The number of aliphatic hydroxyl groups excluding tert-OH is 1. The van der Waals surface area contributed by atoms with Crippen LogP contribution in [0.5, 0.6) is 0 Å². The fourth-order valence-corrected chi connectivity index (χ4v) is 2.20. The van der Waals surface area contributed by atoms with Gasteiger partial charge in [0.25, 0.3) is 0 Å². The number of benzene rings is 1. The molecule has 0 unspecified atom stereocenters. The van der Waals surface area contributed by atoms with Gasteiger partial charge < -0.3 is 10.8 Å². The molecule has 0 aliphatic carbocycles. The molecule has 0 aliphatic rings. The number of hydrogen-bond acceptors (Lipinski definition) is 6. The maximum Gasteiger partial charge on any atom is 0.222 e. The van der Waals surface area contributed by atoms with Crippen molar-refractivity contribution < 1.29 is 9.50 Å². The lowest BCUT2D eigenvalue weighted by Gasteiger charge is -2.06. The average Bonchev–Trinajstić information content (AvgIpc) is 2.42. The lowest BCUT2D eigenvalue weighted by molar-refractivity contribution is 0.355. The Bertz CT molecular complexity index is 648. The van der Waals surface area contributed by atoms with Gasteiger partial charge in [-0.15, -0.1) is 0 Å². The molecule has 0 saturated heterocycles. The lowest BCUT2D eigenvalue weighted by atomic mass is 10.2. The Balaban J connectivity index is 2.55. The fourth-order valence-electron chi connectivity index (χ4n) is 1.76. The largest absolute Gasteiger partial charge is 0.390 e. The number of nitrogens with two attached hydrogens (primary N) is 1. The van der Waals surface area contributed by atoms with Crippen LogP contribution in [0.1, 0.15) is 6.42 Å². The first-order valence-electron chi connectivity index (χ1n) is 6.03. The van der Waals surface area contributed by atoms with Gasteiger partial charge in [-0.05, 0) is 30.6 Å². The molecule has 1 aromatic heterocycles. The van der Waals surface area contributed by atoms with E-state index in [2.05, 4.69) is 15.0 Å². The van der Waals surface area contributed by atoms with Crippen LogP contribution in [0.3, 0.4) is 0 Å². The highest BCUT2D eigenvalue weighted by Crippen LogP contribution is 2.26. The van der Waals surface area contributed by atoms with Crippen LogP contribution in [-0.4, -0.2) is 39.4 Å². The van der Waals surface area contributed by atoms with Crippen LogP contribution in [0.4, 0.5) is 16.2 Å². The van der Waals surface area contributed by atoms with Crippen molar-refractivity contribution in [1.82, 2.24) is 9.97 Å². The number of nitrogens with zero attached hydrogens (tertiary/aromatic N) is 3. The van der Waals surface area contributed by atoms with Crippen LogP contribution in [0, 0.1) is 5.82 Å². The second-order valence-electron chi connectivity index (χ2n) is 4.12. The smallest absolute Gasteiger partial charge is 0.222 e. The van der Waals surface area contributed by atoms with E-state index in [-0.39, 0.29) is 23.8 Å². The summed E-state index contributed by atoms with van der Waals surface area (Å²) in [6.07, 6.45) is 2.57. The van der Waals surface area contributed by atoms with Crippen molar-refractivity contribution in [2.45, 2.75) is 6.42 Å². The second-order valence-corrected chi connectivity index (χ2v) is 5.10. The van der Waals surface area contributed by atoms with Crippen LogP contribution in [-0.2, 0) is 0 Å². The molecule has 0 radical (unpaired) electrons. The Morgan fingerprint density at radius 2 is 2.25 bits per heavy atom. The van der Waals surface area contributed by atoms with Crippen molar-refractivity contribution in [1.29, 1.82) is 0 Å². The summed E-state index contributed by atoms with van der Waals surface area (Å²) in [5.41, 5.74) is 6.56. The summed E-state index contributed by atoms with van der Waals surface area (Å²) in [5.74, 6) is 0.559. The monoisotopic (exact) mass is 294 g/mol. The Hall–Kier alpha value is -1.73. The Labute approximate surface area is 120 Å². The van der Waals surface area contributed by atoms with Crippen LogP contribution < -0.4 is 5.73 Å². The zero-order valence-electron chi connectivity index (χ0n) is 11.0. The number of fused-ring (bicyclic) bond motifs is 1. The first-order valence-corrected chi connectivity index (χ1v) is 7.43. The van der Waals surface area contributed by atoms with Gasteiger partial charge in [0.1, 0.15) is 5.82 Å². The van der Waals surface area contributed by atoms with Crippen molar-refractivity contribution in [3.05, 3.63) is 24.0 Å². The SMILES string of the molecule is CSCC/C(CO)=N\c1nc(N)nc2cccc(F)c12. The summed E-state index contributed by atoms with van der Waals surface area (Å²) < 4.78 is 13.9. The van der Waals surface area contributed by atoms with Gasteiger partial charge in [-0.2, -0.15) is 16.7 Å². The first-order chi connectivity index (χ1) is 9.65. The summed E-state index contributed by atoms with van der Waals surface area (Å²) in [6.45, 7) is -0.194. The molecule has 7 heteroatoms. The van der Waals surface area contributed by atoms with E-state index in [0.29, 0.717) is 17.6 Å². The molecule has 1 aromatic carbocycles. The maximum absolute atomic E-state index is 13.9. The molecule has 0 bridgehead atoms. The summed E-state index contributed by atoms with van der Waals surface area (Å²) in [6, 6.07) is 4.52. The normalized spacial score (nSPS) is 12.1. The van der Waals surface area contributed by atoms with Crippen LogP contribution >= 0.6 is 11.8 Å². The van der Waals surface area contributed by atoms with Gasteiger partial charge in [0.2, 0.25) is 5.95 Å². The van der Waals surface area contributed by atoms with E-state index in [0.717, 1.165) is 5.75 Å². The maximum atomic E-state index is 13.9. The number of hydrogen-bond donors (Lipinski definition) is 2. The highest BCUT2D eigenvalue weighted by atomic mass is 32.2. The van der Waals surface area contributed by atoms with E-state index in [1.165, 1.54) is 6.07 Å². The van der Waals surface area contributed by atoms with Crippen molar-refractivity contribution >= 4 is 40.1 Å². The number of rotatable bonds is 5. The molecule has 0 fully saturated rings. The minimum absolute atomic E-state index is 0.0315. The first kappa shape index (κ1) is 14.7. The van der Waals surface area contributed by atoms with Gasteiger partial charge in [-0.3, -0.25) is 0 Å². The van der Waals surface area contributed by atoms with Gasteiger partial charge >= 0.3 is 0 Å². The Morgan fingerprint density at radius 3 is 2.95 bits per heavy atom. The Kier molecular flexibility index (Phi) is 4.86. The quantitative estimate of drug-likeness (QED) is 0.826. The van der Waals surface area contributed by atoms with E-state index in [9.17, 15) is 9.50 Å². The van der Waals surface area contributed by atoms with E-state index >= 15 is 0 Å². The number of anilines is 1. The zero-order valence-corrected chi connectivity index (χ0v) is 11.8. The number of aliphatic imine (C=N–C) groups is 1. The number of aliphatic hydroxyl groups is 1. The third-order valence-corrected chi connectivity index (χ3v) is 3.32. The van der Waals surface area contributed by atoms with Crippen molar-refractivity contribution in [3.8, 4) is 0 Å². The topological polar surface area (TPSA) is 84.4 Å². The van der Waals surface area contributed by atoms with E-state index in [1.807, 2.05) is 6.26 Å². The highest BCUT2D eigenvalue weighted by Gasteiger charge is 2.11. The molecule has 20 heavy (non-hydrogen) atoms. The minimum Gasteiger partial charge on any atom is -0.390 e. The molecule has 2 aromatic rings. The van der Waals surface area contributed by atoms with Crippen molar-refractivity contribution in [2.75, 3.05) is 24.3 Å². The van der Waals surface area contributed by atoms with Gasteiger partial charge in [0.15, 0.2) is 5.82 Å². The van der Waals surface area contributed by atoms with Crippen molar-refractivity contribution in [3.63, 3.8) is 0 Å². The summed E-state index contributed by atoms with van der Waals surface area (Å²) >= 11 is 1.64. The highest BCUT2D eigenvalue weighted by molar-refractivity contribution is 7.98. The van der Waals surface area contributed by atoms with E-state index in [1.54, 1.807) is 23.9 Å². The molecular weight excluding hydrogens is 279 g/mol. The van der Waals surface area contributed by atoms with Crippen LogP contribution in [0.15, 0.2) is 23.2 Å². The zero-order chi connectivity index (χ0) is 14.5. The average molecular weight is 294 g/mol. The molecule has 0 aliphatic heterocycles. The molecule has 0 saturated carbocycles. The fraction of sp³-hybridized carbons (Fsp3) is 0.308. The standard InChI is InChI=1S/C13H15FN4OS/c1-20-6-5-8(7-19)16-12-11-9(14)3-2-4-10(11)17-13(15)18-12/h2-4,19H,5-7H2,1H3,(H2,15,17,18)/b16-8+. The Morgan fingerprint density at radius 1 is 1.45 bits per heavy atom. The molecule has 0 spiro atoms. The lowest BCUT2D eigenvalue weighted by Crippen LogP contribution is -2.06. The van der Waals surface area contributed by atoms with E-state index in [4.69, 9.17) is 5.73 Å². The van der Waals surface area contributed by atoms with Gasteiger partial charge in [0.05, 0.1) is 17.5 Å². The molecule has 2 rings (SSSR count).